The van der Waals surface area contributed by atoms with Gasteiger partial charge in [0, 0.05) is 12.1 Å². The van der Waals surface area contributed by atoms with E-state index in [1.807, 2.05) is 13.8 Å². The predicted octanol–water partition coefficient (Wildman–Crippen LogP) is 5.18. The predicted molar refractivity (Wildman–Crippen MR) is 153 cm³/mol. The summed E-state index contributed by atoms with van der Waals surface area (Å²) in [5.41, 5.74) is 3.60. The van der Waals surface area contributed by atoms with Crippen LogP contribution in [-0.4, -0.2) is 35.7 Å². The average Bonchev–Trinajstić information content (AvgIpc) is 3.03. The summed E-state index contributed by atoms with van der Waals surface area (Å²) in [7, 11) is 0. The summed E-state index contributed by atoms with van der Waals surface area (Å²) in [6.07, 6.45) is 1.88. The fourth-order valence-electron chi connectivity index (χ4n) is 7.06. The minimum absolute atomic E-state index is 0.00229. The molecule has 4 aromatic rings. The summed E-state index contributed by atoms with van der Waals surface area (Å²) in [4.78, 5) is 13.2. The number of phenolic OH excluding ortho intramolecular Hbond substituents is 6. The lowest BCUT2D eigenvalue weighted by molar-refractivity contribution is 0.390. The molecule has 0 aromatic heterocycles. The maximum Gasteiger partial charge on any atom is 0.221 e. The molecule has 0 saturated carbocycles. The summed E-state index contributed by atoms with van der Waals surface area (Å²) >= 11 is 0. The van der Waals surface area contributed by atoms with Gasteiger partial charge >= 0.3 is 0 Å². The Morgan fingerprint density at radius 3 is 1.71 bits per heavy atom. The quantitative estimate of drug-likeness (QED) is 0.166. The molecule has 0 aliphatic heterocycles. The molecule has 0 fully saturated rings. The highest BCUT2D eigenvalue weighted by Gasteiger charge is 2.33. The van der Waals surface area contributed by atoms with Crippen LogP contribution in [-0.2, 0) is 25.7 Å². The van der Waals surface area contributed by atoms with Crippen LogP contribution in [0.2, 0.25) is 0 Å². The molecule has 2 aliphatic rings. The third-order valence-corrected chi connectivity index (χ3v) is 9.17. The van der Waals surface area contributed by atoms with Crippen molar-refractivity contribution in [3.05, 3.63) is 86.1 Å². The standard InChI is InChI=1S/C33H32O8/c1-14-3-23-16(5-19(34)11-27(23)36)7-21(14)18-9-26-25(13-30(39)33(41)31(26)32(40)29(38)10-18)22-8-17-6-20(35)12-28(37)24(17)4-15(22)2/h5-6,9-15,21-22,34-37,39,41H,3-4,7-8H2,1-2H3,(H,38,40)/t14-,15-,21+,22+/m1/s1. The van der Waals surface area contributed by atoms with E-state index in [0.717, 1.165) is 22.3 Å². The van der Waals surface area contributed by atoms with E-state index in [2.05, 4.69) is 0 Å². The largest absolute Gasteiger partial charge is 0.508 e. The Kier molecular flexibility index (Phi) is 6.17. The Hall–Kier alpha value is -4.59. The number of benzene rings is 3. The third-order valence-electron chi connectivity index (χ3n) is 9.17. The van der Waals surface area contributed by atoms with Crippen LogP contribution < -0.4 is 5.43 Å². The normalized spacial score (nSPS) is 21.8. The highest BCUT2D eigenvalue weighted by molar-refractivity contribution is 5.97. The van der Waals surface area contributed by atoms with E-state index >= 15 is 0 Å². The van der Waals surface area contributed by atoms with Gasteiger partial charge in [0.15, 0.2) is 17.2 Å². The first-order valence-corrected chi connectivity index (χ1v) is 13.8. The summed E-state index contributed by atoms with van der Waals surface area (Å²) in [5, 5.41) is 74.0. The van der Waals surface area contributed by atoms with Gasteiger partial charge in [-0.3, -0.25) is 4.79 Å². The Balaban J connectivity index is 1.56. The van der Waals surface area contributed by atoms with E-state index < -0.39 is 22.7 Å². The van der Waals surface area contributed by atoms with E-state index in [1.54, 1.807) is 18.2 Å². The first kappa shape index (κ1) is 26.6. The topological polar surface area (TPSA) is 159 Å². The number of phenols is 6. The van der Waals surface area contributed by atoms with E-state index in [9.17, 15) is 40.5 Å². The van der Waals surface area contributed by atoms with Gasteiger partial charge in [0.05, 0.1) is 5.39 Å². The van der Waals surface area contributed by atoms with Crippen molar-refractivity contribution in [2.24, 2.45) is 11.8 Å². The molecular weight excluding hydrogens is 524 g/mol. The lowest BCUT2D eigenvalue weighted by Crippen LogP contribution is -2.22. The zero-order valence-corrected chi connectivity index (χ0v) is 22.7. The summed E-state index contributed by atoms with van der Waals surface area (Å²) in [6, 6.07) is 10.5. The molecule has 4 aromatic carbocycles. The lowest BCUT2D eigenvalue weighted by atomic mass is 9.71. The summed E-state index contributed by atoms with van der Waals surface area (Å²) in [5.74, 6) is -2.23. The van der Waals surface area contributed by atoms with Gasteiger partial charge in [-0.05, 0) is 112 Å². The summed E-state index contributed by atoms with van der Waals surface area (Å²) < 4.78 is 0. The second-order valence-corrected chi connectivity index (χ2v) is 11.8. The fourth-order valence-corrected chi connectivity index (χ4v) is 7.06. The van der Waals surface area contributed by atoms with Crippen molar-refractivity contribution in [2.45, 2.75) is 51.4 Å². The van der Waals surface area contributed by atoms with E-state index in [0.29, 0.717) is 42.2 Å². The van der Waals surface area contributed by atoms with E-state index in [1.165, 1.54) is 24.3 Å². The molecule has 8 heteroatoms. The molecular formula is C33H32O8. The van der Waals surface area contributed by atoms with Crippen LogP contribution in [0.5, 0.6) is 40.2 Å². The van der Waals surface area contributed by atoms with Crippen LogP contribution in [0, 0.1) is 11.8 Å². The Morgan fingerprint density at radius 2 is 1.12 bits per heavy atom. The van der Waals surface area contributed by atoms with Crippen molar-refractivity contribution >= 4 is 10.8 Å². The van der Waals surface area contributed by atoms with Gasteiger partial charge in [-0.1, -0.05) is 19.9 Å². The van der Waals surface area contributed by atoms with Gasteiger partial charge in [0.25, 0.3) is 0 Å². The summed E-state index contributed by atoms with van der Waals surface area (Å²) in [6.45, 7) is 4.03. The molecule has 6 rings (SSSR count). The van der Waals surface area contributed by atoms with Crippen molar-refractivity contribution in [1.82, 2.24) is 0 Å². The van der Waals surface area contributed by atoms with Gasteiger partial charge in [-0.2, -0.15) is 0 Å². The third kappa shape index (κ3) is 4.34. The first-order chi connectivity index (χ1) is 19.4. The van der Waals surface area contributed by atoms with E-state index in [4.69, 9.17) is 0 Å². The zero-order chi connectivity index (χ0) is 29.3. The fraction of sp³-hybridized carbons (Fsp3) is 0.303. The molecule has 0 amide bonds. The van der Waals surface area contributed by atoms with E-state index in [-0.39, 0.29) is 52.1 Å². The van der Waals surface area contributed by atoms with Gasteiger partial charge < -0.3 is 35.7 Å². The number of hydrogen-bond acceptors (Lipinski definition) is 8. The lowest BCUT2D eigenvalue weighted by Gasteiger charge is -2.33. The molecule has 7 N–H and O–H groups in total. The van der Waals surface area contributed by atoms with Crippen molar-refractivity contribution in [3.8, 4) is 40.2 Å². The molecule has 41 heavy (non-hydrogen) atoms. The molecule has 0 unspecified atom stereocenters. The highest BCUT2D eigenvalue weighted by atomic mass is 16.3. The Bertz CT molecular complexity index is 1790. The molecule has 8 nitrogen and oxygen atoms in total. The zero-order valence-electron chi connectivity index (χ0n) is 22.7. The van der Waals surface area contributed by atoms with Crippen LogP contribution in [0.4, 0.5) is 0 Å². The molecule has 0 radical (unpaired) electrons. The maximum absolute atomic E-state index is 13.2. The van der Waals surface area contributed by atoms with Crippen LogP contribution in [0.3, 0.4) is 0 Å². The highest BCUT2D eigenvalue weighted by Crippen LogP contribution is 2.49. The van der Waals surface area contributed by atoms with Crippen molar-refractivity contribution in [3.63, 3.8) is 0 Å². The minimum Gasteiger partial charge on any atom is -0.508 e. The van der Waals surface area contributed by atoms with Gasteiger partial charge in [-0.15, -0.1) is 0 Å². The van der Waals surface area contributed by atoms with Crippen LogP contribution in [0.1, 0.15) is 59.1 Å². The monoisotopic (exact) mass is 556 g/mol. The molecule has 4 atom stereocenters. The number of hydrogen-bond donors (Lipinski definition) is 7. The molecule has 0 saturated heterocycles. The second kappa shape index (κ2) is 9.51. The van der Waals surface area contributed by atoms with Gasteiger partial charge in [0.2, 0.25) is 5.43 Å². The maximum atomic E-state index is 13.2. The van der Waals surface area contributed by atoms with Crippen LogP contribution >= 0.6 is 0 Å². The Morgan fingerprint density at radius 1 is 0.585 bits per heavy atom. The van der Waals surface area contributed by atoms with Crippen molar-refractivity contribution in [2.75, 3.05) is 0 Å². The first-order valence-electron chi connectivity index (χ1n) is 13.8. The Labute approximate surface area is 236 Å². The molecule has 212 valence electrons. The number of rotatable bonds is 2. The smallest absolute Gasteiger partial charge is 0.221 e. The van der Waals surface area contributed by atoms with Gasteiger partial charge in [-0.25, -0.2) is 0 Å². The molecule has 0 spiro atoms. The number of fused-ring (bicyclic) bond motifs is 3. The second-order valence-electron chi connectivity index (χ2n) is 11.8. The molecule has 2 aliphatic carbocycles. The molecule has 0 heterocycles. The van der Waals surface area contributed by atoms with Crippen molar-refractivity contribution < 1.29 is 35.7 Å². The van der Waals surface area contributed by atoms with Gasteiger partial charge in [0.1, 0.15) is 23.0 Å². The minimum atomic E-state index is -0.699. The average molecular weight is 557 g/mol. The van der Waals surface area contributed by atoms with Crippen LogP contribution in [0.25, 0.3) is 10.8 Å². The molecule has 0 bridgehead atoms. The van der Waals surface area contributed by atoms with Crippen molar-refractivity contribution in [1.29, 1.82) is 0 Å². The number of aromatic hydroxyl groups is 7. The van der Waals surface area contributed by atoms with Crippen LogP contribution in [0.15, 0.2) is 47.3 Å². The SMILES string of the molecule is C[C@@H]1Cc2c(O)cc(O)cc2C[C@@H]1c1cc(=O)c(O)c2c(O)c(O)cc([C@H]3Cc4cc(O)cc(O)c4C[C@H]3C)c2c1.